The lowest BCUT2D eigenvalue weighted by atomic mass is 10.2. The zero-order valence-electron chi connectivity index (χ0n) is 10.7. The molecule has 0 saturated heterocycles. The molecule has 0 atom stereocenters. The van der Waals surface area contributed by atoms with Crippen LogP contribution in [0.2, 0.25) is 0 Å². The molecular weight excluding hydrogens is 271 g/mol. The molecule has 0 aliphatic rings. The Labute approximate surface area is 110 Å². The average molecular weight is 284 g/mol. The summed E-state index contributed by atoms with van der Waals surface area (Å²) >= 11 is 0. The van der Waals surface area contributed by atoms with E-state index in [0.717, 1.165) is 0 Å². The summed E-state index contributed by atoms with van der Waals surface area (Å²) in [5.41, 5.74) is 1.10. The maximum absolute atomic E-state index is 13.0. The first-order valence-corrected chi connectivity index (χ1v) is 7.01. The largest absolute Gasteiger partial charge is 0.360 e. The highest BCUT2D eigenvalue weighted by atomic mass is 32.2. The van der Waals surface area contributed by atoms with Gasteiger partial charge in [0.2, 0.25) is 0 Å². The van der Waals surface area contributed by atoms with Crippen molar-refractivity contribution in [2.45, 2.75) is 25.7 Å². The van der Waals surface area contributed by atoms with Gasteiger partial charge in [0.25, 0.3) is 10.0 Å². The molecule has 7 heteroatoms. The normalized spacial score (nSPS) is 11.6. The quantitative estimate of drug-likeness (QED) is 0.940. The second kappa shape index (κ2) is 4.65. The molecule has 0 aliphatic heterocycles. The monoisotopic (exact) mass is 284 g/mol. The highest BCUT2D eigenvalue weighted by molar-refractivity contribution is 7.92. The Morgan fingerprint density at radius 3 is 2.47 bits per heavy atom. The van der Waals surface area contributed by atoms with Gasteiger partial charge < -0.3 is 4.52 Å². The maximum Gasteiger partial charge on any atom is 0.267 e. The van der Waals surface area contributed by atoms with Crippen molar-refractivity contribution >= 4 is 15.7 Å². The summed E-state index contributed by atoms with van der Waals surface area (Å²) in [5, 5.41) is 3.61. The first-order chi connectivity index (χ1) is 8.81. The molecule has 0 amide bonds. The Hall–Kier alpha value is -1.89. The molecule has 2 rings (SSSR count). The van der Waals surface area contributed by atoms with Gasteiger partial charge in [0, 0.05) is 0 Å². The lowest BCUT2D eigenvalue weighted by Crippen LogP contribution is -2.15. The smallest absolute Gasteiger partial charge is 0.267 e. The molecule has 1 heterocycles. The van der Waals surface area contributed by atoms with E-state index in [1.165, 1.54) is 25.1 Å². The molecule has 1 N–H and O–H groups in total. The van der Waals surface area contributed by atoms with Gasteiger partial charge in [-0.05, 0) is 44.5 Å². The Balaban J connectivity index is 2.42. The molecule has 0 fully saturated rings. The summed E-state index contributed by atoms with van der Waals surface area (Å²) in [5.74, 6) is -0.206. The van der Waals surface area contributed by atoms with Crippen LogP contribution in [-0.2, 0) is 10.0 Å². The van der Waals surface area contributed by atoms with E-state index in [1.807, 2.05) is 0 Å². The summed E-state index contributed by atoms with van der Waals surface area (Å²) < 4.78 is 44.7. The van der Waals surface area contributed by atoms with Gasteiger partial charge >= 0.3 is 0 Å². The fourth-order valence-corrected chi connectivity index (χ4v) is 3.26. The van der Waals surface area contributed by atoms with E-state index in [-0.39, 0.29) is 16.3 Å². The van der Waals surface area contributed by atoms with E-state index in [0.29, 0.717) is 11.3 Å². The molecular formula is C12H13FN2O3S. The molecule has 102 valence electrons. The second-order valence-corrected chi connectivity index (χ2v) is 5.84. The SMILES string of the molecule is Cc1cc(F)ccc1NS(=O)(=O)c1c(C)noc1C. The van der Waals surface area contributed by atoms with Crippen LogP contribution in [0, 0.1) is 26.6 Å². The van der Waals surface area contributed by atoms with Crippen LogP contribution >= 0.6 is 0 Å². The highest BCUT2D eigenvalue weighted by Gasteiger charge is 2.24. The van der Waals surface area contributed by atoms with Crippen molar-refractivity contribution in [1.82, 2.24) is 5.16 Å². The summed E-state index contributed by atoms with van der Waals surface area (Å²) in [6, 6.07) is 3.82. The Kier molecular flexibility index (Phi) is 3.32. The van der Waals surface area contributed by atoms with Crippen LogP contribution < -0.4 is 4.72 Å². The van der Waals surface area contributed by atoms with Crippen LogP contribution in [-0.4, -0.2) is 13.6 Å². The van der Waals surface area contributed by atoms with Crippen molar-refractivity contribution in [2.75, 3.05) is 4.72 Å². The van der Waals surface area contributed by atoms with E-state index >= 15 is 0 Å². The summed E-state index contributed by atoms with van der Waals surface area (Å²) in [6.45, 7) is 4.68. The Bertz CT molecular complexity index is 703. The van der Waals surface area contributed by atoms with Crippen molar-refractivity contribution in [1.29, 1.82) is 0 Å². The van der Waals surface area contributed by atoms with Gasteiger partial charge in [-0.1, -0.05) is 5.16 Å². The zero-order valence-corrected chi connectivity index (χ0v) is 11.5. The van der Waals surface area contributed by atoms with E-state index in [4.69, 9.17) is 4.52 Å². The van der Waals surface area contributed by atoms with E-state index < -0.39 is 15.8 Å². The molecule has 0 radical (unpaired) electrons. The standard InChI is InChI=1S/C12H13FN2O3S/c1-7-6-10(13)4-5-11(7)15-19(16,17)12-8(2)14-18-9(12)3/h4-6,15H,1-3H3. The lowest BCUT2D eigenvalue weighted by molar-refractivity contribution is 0.390. The van der Waals surface area contributed by atoms with Gasteiger partial charge in [0.1, 0.15) is 11.5 Å². The lowest BCUT2D eigenvalue weighted by Gasteiger charge is -2.10. The molecule has 1 aromatic carbocycles. The minimum atomic E-state index is -3.80. The van der Waals surface area contributed by atoms with Gasteiger partial charge in [0.15, 0.2) is 10.7 Å². The number of halogens is 1. The average Bonchev–Trinajstić information content (AvgIpc) is 2.63. The van der Waals surface area contributed by atoms with Crippen LogP contribution in [0.1, 0.15) is 17.0 Å². The van der Waals surface area contributed by atoms with Crippen molar-refractivity contribution in [2.24, 2.45) is 0 Å². The number of nitrogens with zero attached hydrogens (tertiary/aromatic N) is 1. The number of sulfonamides is 1. The van der Waals surface area contributed by atoms with E-state index in [9.17, 15) is 12.8 Å². The van der Waals surface area contributed by atoms with Crippen molar-refractivity contribution in [3.63, 3.8) is 0 Å². The summed E-state index contributed by atoms with van der Waals surface area (Å²) in [7, 11) is -3.80. The van der Waals surface area contributed by atoms with Crippen LogP contribution in [0.5, 0.6) is 0 Å². The number of aryl methyl sites for hydroxylation is 3. The number of rotatable bonds is 3. The third-order valence-corrected chi connectivity index (χ3v) is 4.28. The van der Waals surface area contributed by atoms with Gasteiger partial charge in [0.05, 0.1) is 5.69 Å². The summed E-state index contributed by atoms with van der Waals surface area (Å²) in [6.07, 6.45) is 0. The topological polar surface area (TPSA) is 72.2 Å². The van der Waals surface area contributed by atoms with E-state index in [2.05, 4.69) is 9.88 Å². The number of anilines is 1. The van der Waals surface area contributed by atoms with Crippen LogP contribution in [0.4, 0.5) is 10.1 Å². The molecule has 1 aromatic heterocycles. The minimum Gasteiger partial charge on any atom is -0.360 e. The third kappa shape index (κ3) is 2.60. The Morgan fingerprint density at radius 2 is 1.95 bits per heavy atom. The van der Waals surface area contributed by atoms with Gasteiger partial charge in [-0.25, -0.2) is 12.8 Å². The Morgan fingerprint density at radius 1 is 1.26 bits per heavy atom. The molecule has 0 spiro atoms. The second-order valence-electron chi connectivity index (χ2n) is 4.22. The molecule has 0 saturated carbocycles. The highest BCUT2D eigenvalue weighted by Crippen LogP contribution is 2.24. The third-order valence-electron chi connectivity index (χ3n) is 2.67. The van der Waals surface area contributed by atoms with Gasteiger partial charge in [-0.15, -0.1) is 0 Å². The van der Waals surface area contributed by atoms with Gasteiger partial charge in [-0.3, -0.25) is 4.72 Å². The molecule has 0 unspecified atom stereocenters. The van der Waals surface area contributed by atoms with Crippen molar-refractivity contribution < 1.29 is 17.3 Å². The molecule has 19 heavy (non-hydrogen) atoms. The first-order valence-electron chi connectivity index (χ1n) is 5.53. The molecule has 0 bridgehead atoms. The van der Waals surface area contributed by atoms with Crippen LogP contribution in [0.3, 0.4) is 0 Å². The number of aromatic nitrogens is 1. The minimum absolute atomic E-state index is 0.0104. The number of benzene rings is 1. The predicted octanol–water partition coefficient (Wildman–Crippen LogP) is 2.54. The molecule has 5 nitrogen and oxygen atoms in total. The van der Waals surface area contributed by atoms with Crippen LogP contribution in [0.25, 0.3) is 0 Å². The number of hydrogen-bond acceptors (Lipinski definition) is 4. The number of hydrogen-bond donors (Lipinski definition) is 1. The summed E-state index contributed by atoms with van der Waals surface area (Å²) in [4.78, 5) is 0.0104. The number of nitrogens with one attached hydrogen (secondary N) is 1. The predicted molar refractivity (Wildman–Crippen MR) is 67.9 cm³/mol. The van der Waals surface area contributed by atoms with Crippen molar-refractivity contribution in [3.8, 4) is 0 Å². The van der Waals surface area contributed by atoms with Crippen LogP contribution in [0.15, 0.2) is 27.6 Å². The molecule has 0 aliphatic carbocycles. The van der Waals surface area contributed by atoms with Gasteiger partial charge in [-0.2, -0.15) is 0 Å². The zero-order chi connectivity index (χ0) is 14.2. The first kappa shape index (κ1) is 13.5. The fraction of sp³-hybridized carbons (Fsp3) is 0.250. The maximum atomic E-state index is 13.0. The fourth-order valence-electron chi connectivity index (χ4n) is 1.80. The van der Waals surface area contributed by atoms with Crippen molar-refractivity contribution in [3.05, 3.63) is 41.0 Å². The van der Waals surface area contributed by atoms with E-state index in [1.54, 1.807) is 13.8 Å². The molecule has 2 aromatic rings.